The predicted octanol–water partition coefficient (Wildman–Crippen LogP) is 3.04. The van der Waals surface area contributed by atoms with Gasteiger partial charge in [0.25, 0.3) is 0 Å². The fourth-order valence-electron chi connectivity index (χ4n) is 2.05. The molecule has 2 aromatic rings. The van der Waals surface area contributed by atoms with Gasteiger partial charge in [0.2, 0.25) is 0 Å². The molecule has 0 aliphatic rings. The van der Waals surface area contributed by atoms with E-state index in [1.165, 1.54) is 4.52 Å². The van der Waals surface area contributed by atoms with Gasteiger partial charge in [0.05, 0.1) is 10.2 Å². The van der Waals surface area contributed by atoms with Crippen molar-refractivity contribution < 1.29 is 0 Å². The number of halogens is 1. The Kier molecular flexibility index (Phi) is 5.34. The van der Waals surface area contributed by atoms with Gasteiger partial charge in [-0.05, 0) is 35.4 Å². The number of nitrogens with two attached hydrogens (primary N) is 1. The van der Waals surface area contributed by atoms with Crippen molar-refractivity contribution in [3.8, 4) is 6.07 Å². The molecule has 0 radical (unpaired) electrons. The second-order valence-electron chi connectivity index (χ2n) is 4.98. The van der Waals surface area contributed by atoms with E-state index >= 15 is 0 Å². The van der Waals surface area contributed by atoms with Gasteiger partial charge in [0, 0.05) is 18.7 Å². The number of aromatic nitrogens is 3. The van der Waals surface area contributed by atoms with Gasteiger partial charge in [-0.3, -0.25) is 0 Å². The molecule has 2 rings (SSSR count). The van der Waals surface area contributed by atoms with Crippen LogP contribution in [-0.4, -0.2) is 26.9 Å². The Hall–Kier alpha value is -2.40. The van der Waals surface area contributed by atoms with Crippen molar-refractivity contribution in [3.05, 3.63) is 27.9 Å². The molecule has 0 spiro atoms. The number of hydrogen-bond acceptors (Lipinski definition) is 6. The first-order valence-corrected chi connectivity index (χ1v) is 8.01. The van der Waals surface area contributed by atoms with Crippen LogP contribution in [0.25, 0.3) is 5.65 Å². The van der Waals surface area contributed by atoms with Crippen molar-refractivity contribution in [1.82, 2.24) is 14.6 Å². The first kappa shape index (κ1) is 17.0. The molecule has 0 saturated heterocycles. The average molecular weight is 376 g/mol. The van der Waals surface area contributed by atoms with Crippen LogP contribution in [0, 0.1) is 23.7 Å². The highest BCUT2D eigenvalue weighted by molar-refractivity contribution is 9.10. The van der Waals surface area contributed by atoms with Crippen molar-refractivity contribution >= 4 is 38.9 Å². The first-order valence-electron chi connectivity index (χ1n) is 7.21. The van der Waals surface area contributed by atoms with Crippen LogP contribution in [0.15, 0.2) is 16.6 Å². The molecule has 23 heavy (non-hydrogen) atoms. The van der Waals surface area contributed by atoms with Gasteiger partial charge in [-0.25, -0.2) is 4.98 Å². The minimum atomic E-state index is 0.245. The minimum absolute atomic E-state index is 0.245. The summed E-state index contributed by atoms with van der Waals surface area (Å²) in [5.74, 6) is 0.653. The van der Waals surface area contributed by atoms with E-state index < -0.39 is 0 Å². The van der Waals surface area contributed by atoms with Crippen molar-refractivity contribution in [2.75, 3.05) is 17.6 Å². The standard InChI is InChI=1S/C15H18BrN7/c1-3-4-5-10(18)6-7-20-14-11(8-17)13(19)23-15(21-14)12(16)9(2)22-23/h4-5,18H,3,6-7,19H2,1-2H3,(H,20,21)/b5-4-,18-10?. The van der Waals surface area contributed by atoms with E-state index in [-0.39, 0.29) is 11.4 Å². The fraction of sp³-hybridized carbons (Fsp3) is 0.333. The first-order chi connectivity index (χ1) is 11.0. The molecular weight excluding hydrogens is 358 g/mol. The van der Waals surface area contributed by atoms with Crippen LogP contribution in [0.4, 0.5) is 11.6 Å². The summed E-state index contributed by atoms with van der Waals surface area (Å²) in [6.07, 6.45) is 5.16. The number of nitriles is 1. The van der Waals surface area contributed by atoms with E-state index in [9.17, 15) is 5.26 Å². The molecule has 2 heterocycles. The Labute approximate surface area is 142 Å². The second-order valence-corrected chi connectivity index (χ2v) is 5.77. The van der Waals surface area contributed by atoms with E-state index in [1.54, 1.807) is 6.08 Å². The molecule has 0 aliphatic heterocycles. The number of fused-ring (bicyclic) bond motifs is 1. The smallest absolute Gasteiger partial charge is 0.174 e. The van der Waals surface area contributed by atoms with Crippen LogP contribution in [0.1, 0.15) is 31.0 Å². The van der Waals surface area contributed by atoms with E-state index in [1.807, 2.05) is 19.9 Å². The highest BCUT2D eigenvalue weighted by Crippen LogP contribution is 2.27. The van der Waals surface area contributed by atoms with E-state index in [0.29, 0.717) is 30.1 Å². The summed E-state index contributed by atoms with van der Waals surface area (Å²) < 4.78 is 2.20. The fourth-order valence-corrected chi connectivity index (χ4v) is 2.38. The molecule has 4 N–H and O–H groups in total. The third kappa shape index (κ3) is 3.51. The normalized spacial score (nSPS) is 11.0. The van der Waals surface area contributed by atoms with Crippen molar-refractivity contribution in [2.24, 2.45) is 0 Å². The summed E-state index contributed by atoms with van der Waals surface area (Å²) in [6, 6.07) is 2.06. The summed E-state index contributed by atoms with van der Waals surface area (Å²) in [7, 11) is 0. The molecular formula is C15H18BrN7. The SMILES string of the molecule is CC/C=C\C(=N)CCNc1nc2c(Br)c(C)nn2c(N)c1C#N. The molecule has 0 bridgehead atoms. The Morgan fingerprint density at radius 3 is 2.96 bits per heavy atom. The monoisotopic (exact) mass is 375 g/mol. The Morgan fingerprint density at radius 1 is 1.57 bits per heavy atom. The van der Waals surface area contributed by atoms with Gasteiger partial charge in [-0.1, -0.05) is 13.0 Å². The summed E-state index contributed by atoms with van der Waals surface area (Å²) in [5, 5.41) is 24.5. The Bertz CT molecular complexity index is 814. The molecule has 7 nitrogen and oxygen atoms in total. The lowest BCUT2D eigenvalue weighted by Gasteiger charge is -2.10. The van der Waals surface area contributed by atoms with Gasteiger partial charge in [-0.15, -0.1) is 0 Å². The predicted molar refractivity (Wildman–Crippen MR) is 94.8 cm³/mol. The van der Waals surface area contributed by atoms with E-state index in [0.717, 1.165) is 16.6 Å². The average Bonchev–Trinajstić information content (AvgIpc) is 2.81. The van der Waals surface area contributed by atoms with Crippen LogP contribution in [0.3, 0.4) is 0 Å². The van der Waals surface area contributed by atoms with Crippen LogP contribution in [-0.2, 0) is 0 Å². The number of nitrogen functional groups attached to an aromatic ring is 1. The second kappa shape index (κ2) is 7.24. The quantitative estimate of drug-likeness (QED) is 0.670. The number of anilines is 2. The maximum absolute atomic E-state index is 9.34. The molecule has 0 atom stereocenters. The Balaban J connectivity index is 2.26. The zero-order valence-corrected chi connectivity index (χ0v) is 14.6. The van der Waals surface area contributed by atoms with Crippen LogP contribution in [0.5, 0.6) is 0 Å². The molecule has 0 amide bonds. The molecule has 2 aromatic heterocycles. The van der Waals surface area contributed by atoms with Crippen LogP contribution in [0.2, 0.25) is 0 Å². The zero-order valence-electron chi connectivity index (χ0n) is 13.0. The number of hydrogen-bond donors (Lipinski definition) is 3. The lowest BCUT2D eigenvalue weighted by atomic mass is 10.2. The summed E-state index contributed by atoms with van der Waals surface area (Å²) in [4.78, 5) is 4.44. The van der Waals surface area contributed by atoms with E-state index in [2.05, 4.69) is 37.4 Å². The number of aryl methyl sites for hydroxylation is 1. The summed E-state index contributed by atoms with van der Waals surface area (Å²) in [5.41, 5.74) is 8.11. The van der Waals surface area contributed by atoms with Gasteiger partial charge >= 0.3 is 0 Å². The highest BCUT2D eigenvalue weighted by atomic mass is 79.9. The lowest BCUT2D eigenvalue weighted by molar-refractivity contribution is 0.923. The zero-order chi connectivity index (χ0) is 17.0. The van der Waals surface area contributed by atoms with Crippen molar-refractivity contribution in [1.29, 1.82) is 10.7 Å². The summed E-state index contributed by atoms with van der Waals surface area (Å²) in [6.45, 7) is 4.35. The van der Waals surface area contributed by atoms with Crippen LogP contribution < -0.4 is 11.1 Å². The highest BCUT2D eigenvalue weighted by Gasteiger charge is 2.17. The van der Waals surface area contributed by atoms with Gasteiger partial charge in [0.1, 0.15) is 23.3 Å². The maximum atomic E-state index is 9.34. The molecule has 0 fully saturated rings. The maximum Gasteiger partial charge on any atom is 0.174 e. The van der Waals surface area contributed by atoms with Gasteiger partial charge in [-0.2, -0.15) is 14.9 Å². The molecule has 0 saturated carbocycles. The topological polar surface area (TPSA) is 116 Å². The molecule has 0 aliphatic carbocycles. The molecule has 0 aromatic carbocycles. The number of nitrogens with one attached hydrogen (secondary N) is 2. The molecule has 0 unspecified atom stereocenters. The number of allylic oxidation sites excluding steroid dienone is 2. The van der Waals surface area contributed by atoms with E-state index in [4.69, 9.17) is 11.1 Å². The Morgan fingerprint density at radius 2 is 2.30 bits per heavy atom. The largest absolute Gasteiger partial charge is 0.382 e. The number of nitrogens with zero attached hydrogens (tertiary/aromatic N) is 4. The third-order valence-electron chi connectivity index (χ3n) is 3.26. The van der Waals surface area contributed by atoms with Crippen molar-refractivity contribution in [3.63, 3.8) is 0 Å². The minimum Gasteiger partial charge on any atom is -0.382 e. The molecule has 8 heteroatoms. The third-order valence-corrected chi connectivity index (χ3v) is 4.19. The molecule has 120 valence electrons. The van der Waals surface area contributed by atoms with Gasteiger partial charge in [0.15, 0.2) is 5.65 Å². The summed E-state index contributed by atoms with van der Waals surface area (Å²) >= 11 is 3.43. The lowest BCUT2D eigenvalue weighted by Crippen LogP contribution is -2.12. The van der Waals surface area contributed by atoms with Crippen LogP contribution >= 0.6 is 15.9 Å². The van der Waals surface area contributed by atoms with Crippen molar-refractivity contribution in [2.45, 2.75) is 26.7 Å². The number of rotatable bonds is 6. The van der Waals surface area contributed by atoms with Gasteiger partial charge < -0.3 is 16.5 Å².